The van der Waals surface area contributed by atoms with Crippen LogP contribution in [0.5, 0.6) is 0 Å². The summed E-state index contributed by atoms with van der Waals surface area (Å²) in [6, 6.07) is 4.77. The summed E-state index contributed by atoms with van der Waals surface area (Å²) in [5, 5.41) is 7.47. The van der Waals surface area contributed by atoms with E-state index in [4.69, 9.17) is 0 Å². The maximum atomic E-state index is 13.2. The second-order valence-electron chi connectivity index (χ2n) is 6.91. The number of carbonyl (C=O) groups is 1. The standard InChI is InChI=1S/C18H22FN3O.ClH/c19-13-1-2-14-12(11-22-16(14)9-13)3-6-21-17(23)15-10-18(15)4-7-20-8-5-18;/h1-2,9,11,15,20,22H,3-8,10H2,(H,21,23);1H. The fourth-order valence-electron chi connectivity index (χ4n) is 4.00. The van der Waals surface area contributed by atoms with Crippen LogP contribution >= 0.6 is 12.4 Å². The minimum Gasteiger partial charge on any atom is -0.361 e. The third-order valence-corrected chi connectivity index (χ3v) is 5.53. The Morgan fingerprint density at radius 1 is 1.33 bits per heavy atom. The second-order valence-corrected chi connectivity index (χ2v) is 6.91. The molecule has 1 saturated heterocycles. The Balaban J connectivity index is 0.00000169. The number of piperidine rings is 1. The van der Waals surface area contributed by atoms with Gasteiger partial charge in [0.25, 0.3) is 0 Å². The summed E-state index contributed by atoms with van der Waals surface area (Å²) in [4.78, 5) is 15.4. The van der Waals surface area contributed by atoms with Crippen molar-refractivity contribution in [1.29, 1.82) is 0 Å². The van der Waals surface area contributed by atoms with Gasteiger partial charge in [0.1, 0.15) is 5.82 Å². The molecular weight excluding hydrogens is 329 g/mol. The fraction of sp³-hybridized carbons (Fsp3) is 0.500. The lowest BCUT2D eigenvalue weighted by molar-refractivity contribution is -0.123. The first-order valence-electron chi connectivity index (χ1n) is 8.42. The molecule has 2 fully saturated rings. The molecule has 4 rings (SSSR count). The highest BCUT2D eigenvalue weighted by molar-refractivity contribution is 5.85. The lowest BCUT2D eigenvalue weighted by Gasteiger charge is -2.23. The minimum absolute atomic E-state index is 0. The number of benzene rings is 1. The van der Waals surface area contributed by atoms with Crippen molar-refractivity contribution >= 4 is 29.2 Å². The van der Waals surface area contributed by atoms with Crippen molar-refractivity contribution in [1.82, 2.24) is 15.6 Å². The summed E-state index contributed by atoms with van der Waals surface area (Å²) in [5.41, 5.74) is 2.21. The molecule has 6 heteroatoms. The monoisotopic (exact) mass is 351 g/mol. The first-order chi connectivity index (χ1) is 11.2. The van der Waals surface area contributed by atoms with Crippen molar-refractivity contribution in [2.24, 2.45) is 11.3 Å². The Labute approximate surface area is 147 Å². The van der Waals surface area contributed by atoms with Crippen LogP contribution in [0.2, 0.25) is 0 Å². The molecule has 3 N–H and O–H groups in total. The van der Waals surface area contributed by atoms with E-state index in [1.165, 1.54) is 12.1 Å². The zero-order valence-electron chi connectivity index (χ0n) is 13.5. The Bertz CT molecular complexity index is 739. The van der Waals surface area contributed by atoms with Crippen LogP contribution in [0.3, 0.4) is 0 Å². The van der Waals surface area contributed by atoms with Gasteiger partial charge in [0.15, 0.2) is 0 Å². The highest BCUT2D eigenvalue weighted by Crippen LogP contribution is 2.58. The average Bonchev–Trinajstić information content (AvgIpc) is 3.09. The molecule has 24 heavy (non-hydrogen) atoms. The Morgan fingerprint density at radius 3 is 2.92 bits per heavy atom. The molecular formula is C18H23ClFN3O. The molecule has 1 aromatic carbocycles. The van der Waals surface area contributed by atoms with E-state index in [0.717, 1.165) is 55.2 Å². The van der Waals surface area contributed by atoms with Crippen LogP contribution in [0.4, 0.5) is 4.39 Å². The molecule has 2 heterocycles. The Hall–Kier alpha value is -1.59. The number of H-pyrrole nitrogens is 1. The van der Waals surface area contributed by atoms with Gasteiger partial charge in [-0.1, -0.05) is 0 Å². The van der Waals surface area contributed by atoms with Crippen molar-refractivity contribution in [2.45, 2.75) is 25.7 Å². The maximum Gasteiger partial charge on any atom is 0.223 e. The number of fused-ring (bicyclic) bond motifs is 1. The molecule has 1 aliphatic carbocycles. The van der Waals surface area contributed by atoms with E-state index in [1.54, 1.807) is 6.07 Å². The van der Waals surface area contributed by atoms with Crippen molar-refractivity contribution < 1.29 is 9.18 Å². The van der Waals surface area contributed by atoms with Gasteiger partial charge in [-0.15, -0.1) is 12.4 Å². The van der Waals surface area contributed by atoms with Crippen LogP contribution < -0.4 is 10.6 Å². The molecule has 1 spiro atoms. The number of nitrogens with one attached hydrogen (secondary N) is 3. The van der Waals surface area contributed by atoms with Gasteiger partial charge in [-0.05, 0) is 68.0 Å². The number of hydrogen-bond donors (Lipinski definition) is 3. The van der Waals surface area contributed by atoms with Gasteiger partial charge < -0.3 is 15.6 Å². The van der Waals surface area contributed by atoms with Crippen LogP contribution in [0.25, 0.3) is 10.9 Å². The summed E-state index contributed by atoms with van der Waals surface area (Å²) in [6.07, 6.45) is 5.96. The van der Waals surface area contributed by atoms with E-state index < -0.39 is 0 Å². The van der Waals surface area contributed by atoms with Crippen LogP contribution in [-0.2, 0) is 11.2 Å². The molecule has 1 saturated carbocycles. The lowest BCUT2D eigenvalue weighted by atomic mass is 9.92. The van der Waals surface area contributed by atoms with Crippen molar-refractivity contribution in [3.63, 3.8) is 0 Å². The number of amides is 1. The van der Waals surface area contributed by atoms with Gasteiger partial charge in [0.05, 0.1) is 0 Å². The van der Waals surface area contributed by atoms with Crippen LogP contribution in [-0.4, -0.2) is 30.5 Å². The van der Waals surface area contributed by atoms with Gasteiger partial charge in [-0.25, -0.2) is 4.39 Å². The zero-order chi connectivity index (χ0) is 15.9. The molecule has 4 nitrogen and oxygen atoms in total. The molecule has 0 bridgehead atoms. The highest BCUT2D eigenvalue weighted by Gasteiger charge is 2.57. The summed E-state index contributed by atoms with van der Waals surface area (Å²) < 4.78 is 13.2. The SMILES string of the molecule is Cl.O=C(NCCc1c[nH]c2cc(F)ccc12)C1CC12CCNCC2. The third kappa shape index (κ3) is 3.15. The van der Waals surface area contributed by atoms with Crippen molar-refractivity contribution in [3.05, 3.63) is 35.8 Å². The van der Waals surface area contributed by atoms with Crippen LogP contribution in [0.15, 0.2) is 24.4 Å². The minimum atomic E-state index is -0.236. The van der Waals surface area contributed by atoms with E-state index in [-0.39, 0.29) is 35.5 Å². The van der Waals surface area contributed by atoms with E-state index in [0.29, 0.717) is 6.54 Å². The average molecular weight is 352 g/mol. The van der Waals surface area contributed by atoms with Gasteiger partial charge in [0.2, 0.25) is 5.91 Å². The number of hydrogen-bond acceptors (Lipinski definition) is 2. The van der Waals surface area contributed by atoms with Crippen LogP contribution in [0, 0.1) is 17.2 Å². The first kappa shape index (κ1) is 17.2. The lowest BCUT2D eigenvalue weighted by Crippen LogP contribution is -2.34. The fourth-order valence-corrected chi connectivity index (χ4v) is 4.00. The zero-order valence-corrected chi connectivity index (χ0v) is 14.3. The van der Waals surface area contributed by atoms with Crippen molar-refractivity contribution in [3.8, 4) is 0 Å². The topological polar surface area (TPSA) is 56.9 Å². The van der Waals surface area contributed by atoms with Gasteiger partial charge in [-0.2, -0.15) is 0 Å². The Kier molecular flexibility index (Phi) is 4.83. The summed E-state index contributed by atoms with van der Waals surface area (Å²) in [6.45, 7) is 2.71. The molecule has 2 aromatic rings. The predicted octanol–water partition coefficient (Wildman–Crippen LogP) is 2.78. The third-order valence-electron chi connectivity index (χ3n) is 5.53. The molecule has 1 aliphatic heterocycles. The summed E-state index contributed by atoms with van der Waals surface area (Å²) in [7, 11) is 0. The summed E-state index contributed by atoms with van der Waals surface area (Å²) >= 11 is 0. The predicted molar refractivity (Wildman–Crippen MR) is 94.9 cm³/mol. The molecule has 2 aliphatic rings. The number of aromatic nitrogens is 1. The maximum absolute atomic E-state index is 13.2. The highest BCUT2D eigenvalue weighted by atomic mass is 35.5. The molecule has 1 aromatic heterocycles. The van der Waals surface area contributed by atoms with Gasteiger partial charge in [-0.3, -0.25) is 4.79 Å². The quantitative estimate of drug-likeness (QED) is 0.793. The van der Waals surface area contributed by atoms with Crippen molar-refractivity contribution in [2.75, 3.05) is 19.6 Å². The van der Waals surface area contributed by atoms with Gasteiger partial charge in [0, 0.05) is 29.6 Å². The number of aromatic amines is 1. The number of halogens is 2. The smallest absolute Gasteiger partial charge is 0.223 e. The van der Waals surface area contributed by atoms with E-state index >= 15 is 0 Å². The number of carbonyl (C=O) groups excluding carboxylic acids is 1. The molecule has 1 amide bonds. The molecule has 0 radical (unpaired) electrons. The molecule has 1 atom stereocenters. The molecule has 1 unspecified atom stereocenters. The summed E-state index contributed by atoms with van der Waals surface area (Å²) in [5.74, 6) is 0.180. The molecule has 130 valence electrons. The Morgan fingerprint density at radius 2 is 2.12 bits per heavy atom. The second kappa shape index (κ2) is 6.73. The van der Waals surface area contributed by atoms with E-state index in [2.05, 4.69) is 15.6 Å². The largest absolute Gasteiger partial charge is 0.361 e. The number of rotatable bonds is 4. The van der Waals surface area contributed by atoms with E-state index in [9.17, 15) is 9.18 Å². The first-order valence-corrected chi connectivity index (χ1v) is 8.42. The van der Waals surface area contributed by atoms with Crippen LogP contribution in [0.1, 0.15) is 24.8 Å². The van der Waals surface area contributed by atoms with E-state index in [1.807, 2.05) is 6.20 Å². The van der Waals surface area contributed by atoms with Gasteiger partial charge >= 0.3 is 0 Å². The normalized spacial score (nSPS) is 21.5.